The van der Waals surface area contributed by atoms with Gasteiger partial charge in [0.15, 0.2) is 0 Å². The number of aryl methyl sites for hydroxylation is 2. The fourth-order valence-corrected chi connectivity index (χ4v) is 1.84. The van der Waals surface area contributed by atoms with Crippen LogP contribution in [0.25, 0.3) is 0 Å². The fourth-order valence-electron chi connectivity index (χ4n) is 1.84. The Labute approximate surface area is 114 Å². The lowest BCUT2D eigenvalue weighted by Gasteiger charge is -2.25. The zero-order valence-corrected chi connectivity index (χ0v) is 12.1. The average Bonchev–Trinajstić information content (AvgIpc) is 2.34. The molecule has 0 radical (unpaired) electrons. The number of hydrogen-bond acceptors (Lipinski definition) is 3. The smallest absolute Gasteiger partial charge is 0.323 e. The summed E-state index contributed by atoms with van der Waals surface area (Å²) in [6.45, 7) is 8.65. The van der Waals surface area contributed by atoms with E-state index in [2.05, 4.69) is 5.32 Å². The third-order valence-electron chi connectivity index (χ3n) is 3.39. The predicted octanol–water partition coefficient (Wildman–Crippen LogP) is 2.53. The Kier molecular flexibility index (Phi) is 5.36. The van der Waals surface area contributed by atoms with Gasteiger partial charge in [-0.05, 0) is 50.6 Å². The van der Waals surface area contributed by atoms with E-state index in [-0.39, 0.29) is 0 Å². The molecule has 4 nitrogen and oxygen atoms in total. The van der Waals surface area contributed by atoms with Crippen LogP contribution in [0.1, 0.15) is 31.4 Å². The molecule has 0 aliphatic rings. The Morgan fingerprint density at radius 1 is 1.37 bits per heavy atom. The molecule has 0 aromatic heterocycles. The first kappa shape index (κ1) is 15.5. The molecule has 2 N–H and O–H groups in total. The van der Waals surface area contributed by atoms with Crippen LogP contribution in [-0.4, -0.2) is 29.8 Å². The van der Waals surface area contributed by atoms with Crippen LogP contribution in [-0.2, 0) is 4.79 Å². The Hall–Kier alpha value is -1.55. The third kappa shape index (κ3) is 4.24. The lowest BCUT2D eigenvalue weighted by atomic mass is 9.98. The standard InChI is InChI=1S/C15H23NO3/c1-5-16-15(4,14(17)18)8-9-19-13-7-6-11(2)12(3)10-13/h6-7,10,16H,5,8-9H2,1-4H3,(H,17,18). The van der Waals surface area contributed by atoms with Crippen molar-refractivity contribution in [3.8, 4) is 5.75 Å². The number of ether oxygens (including phenoxy) is 1. The minimum atomic E-state index is -0.936. The number of carbonyl (C=O) groups is 1. The molecule has 0 aliphatic heterocycles. The van der Waals surface area contributed by atoms with Gasteiger partial charge in [-0.15, -0.1) is 0 Å². The number of carboxylic acid groups (broad SMARTS) is 1. The summed E-state index contributed by atoms with van der Waals surface area (Å²) in [4.78, 5) is 11.2. The van der Waals surface area contributed by atoms with Crippen LogP contribution in [0, 0.1) is 13.8 Å². The summed E-state index contributed by atoms with van der Waals surface area (Å²) in [7, 11) is 0. The number of carboxylic acids is 1. The first-order valence-corrected chi connectivity index (χ1v) is 6.57. The van der Waals surface area contributed by atoms with Gasteiger partial charge in [0.05, 0.1) is 6.61 Å². The second-order valence-electron chi connectivity index (χ2n) is 5.01. The number of nitrogens with one attached hydrogen (secondary N) is 1. The Morgan fingerprint density at radius 2 is 2.05 bits per heavy atom. The van der Waals surface area contributed by atoms with E-state index in [1.165, 1.54) is 11.1 Å². The van der Waals surface area contributed by atoms with Crippen molar-refractivity contribution < 1.29 is 14.6 Å². The minimum Gasteiger partial charge on any atom is -0.493 e. The molecule has 0 amide bonds. The van der Waals surface area contributed by atoms with Crippen LogP contribution < -0.4 is 10.1 Å². The number of rotatable bonds is 7. The molecule has 19 heavy (non-hydrogen) atoms. The van der Waals surface area contributed by atoms with Gasteiger partial charge in [-0.2, -0.15) is 0 Å². The van der Waals surface area contributed by atoms with E-state index in [0.717, 1.165) is 5.75 Å². The van der Waals surface area contributed by atoms with Crippen LogP contribution in [0.15, 0.2) is 18.2 Å². The van der Waals surface area contributed by atoms with Crippen LogP contribution >= 0.6 is 0 Å². The molecule has 4 heteroatoms. The molecule has 0 bridgehead atoms. The minimum absolute atomic E-state index is 0.373. The third-order valence-corrected chi connectivity index (χ3v) is 3.39. The van der Waals surface area contributed by atoms with Crippen molar-refractivity contribution in [1.29, 1.82) is 0 Å². The van der Waals surface area contributed by atoms with Crippen molar-refractivity contribution in [2.75, 3.05) is 13.2 Å². The number of benzene rings is 1. The van der Waals surface area contributed by atoms with Crippen LogP contribution in [0.3, 0.4) is 0 Å². The molecule has 1 aromatic carbocycles. The van der Waals surface area contributed by atoms with E-state index >= 15 is 0 Å². The molecule has 1 unspecified atom stereocenters. The zero-order valence-electron chi connectivity index (χ0n) is 12.1. The second kappa shape index (κ2) is 6.57. The Morgan fingerprint density at radius 3 is 2.58 bits per heavy atom. The van der Waals surface area contributed by atoms with Gasteiger partial charge in [-0.3, -0.25) is 4.79 Å². The van der Waals surface area contributed by atoms with Gasteiger partial charge in [0.2, 0.25) is 0 Å². The summed E-state index contributed by atoms with van der Waals surface area (Å²) < 4.78 is 5.63. The van der Waals surface area contributed by atoms with Crippen LogP contribution in [0.2, 0.25) is 0 Å². The van der Waals surface area contributed by atoms with Crippen LogP contribution in [0.4, 0.5) is 0 Å². The van der Waals surface area contributed by atoms with Crippen molar-refractivity contribution >= 4 is 5.97 Å². The predicted molar refractivity (Wildman–Crippen MR) is 75.7 cm³/mol. The molecule has 1 rings (SSSR count). The lowest BCUT2D eigenvalue weighted by molar-refractivity contribution is -0.144. The van der Waals surface area contributed by atoms with E-state index in [4.69, 9.17) is 4.74 Å². The van der Waals surface area contributed by atoms with Gasteiger partial charge < -0.3 is 15.2 Å². The number of hydrogen-bond donors (Lipinski definition) is 2. The molecule has 0 fully saturated rings. The summed E-state index contributed by atoms with van der Waals surface area (Å²) in [6, 6.07) is 5.89. The number of aliphatic carboxylic acids is 1. The highest BCUT2D eigenvalue weighted by Gasteiger charge is 2.31. The second-order valence-corrected chi connectivity index (χ2v) is 5.01. The molecular weight excluding hydrogens is 242 g/mol. The molecule has 0 saturated heterocycles. The fraction of sp³-hybridized carbons (Fsp3) is 0.533. The Bertz CT molecular complexity index is 445. The van der Waals surface area contributed by atoms with Gasteiger partial charge >= 0.3 is 5.97 Å². The van der Waals surface area contributed by atoms with Crippen molar-refractivity contribution in [2.24, 2.45) is 0 Å². The first-order valence-electron chi connectivity index (χ1n) is 6.57. The molecule has 0 heterocycles. The maximum Gasteiger partial charge on any atom is 0.323 e. The number of likely N-dealkylation sites (N-methyl/N-ethyl adjacent to an activating group) is 1. The summed E-state index contributed by atoms with van der Waals surface area (Å²) in [5.41, 5.74) is 1.45. The van der Waals surface area contributed by atoms with Crippen molar-refractivity contribution in [1.82, 2.24) is 5.32 Å². The molecule has 106 valence electrons. The van der Waals surface area contributed by atoms with E-state index in [1.54, 1.807) is 6.92 Å². The van der Waals surface area contributed by atoms with Gasteiger partial charge in [0.1, 0.15) is 11.3 Å². The van der Waals surface area contributed by atoms with Gasteiger partial charge in [-0.25, -0.2) is 0 Å². The lowest BCUT2D eigenvalue weighted by Crippen LogP contribution is -2.50. The maximum absolute atomic E-state index is 11.2. The van der Waals surface area contributed by atoms with Crippen molar-refractivity contribution in [3.05, 3.63) is 29.3 Å². The summed E-state index contributed by atoms with van der Waals surface area (Å²) >= 11 is 0. The van der Waals surface area contributed by atoms with Crippen LogP contribution in [0.5, 0.6) is 5.75 Å². The average molecular weight is 265 g/mol. The SMILES string of the molecule is CCNC(C)(CCOc1ccc(C)c(C)c1)C(=O)O. The highest BCUT2D eigenvalue weighted by Crippen LogP contribution is 2.18. The molecule has 1 atom stereocenters. The topological polar surface area (TPSA) is 58.6 Å². The summed E-state index contributed by atoms with van der Waals surface area (Å²) in [6.07, 6.45) is 0.420. The largest absolute Gasteiger partial charge is 0.493 e. The van der Waals surface area contributed by atoms with E-state index in [1.807, 2.05) is 39.0 Å². The summed E-state index contributed by atoms with van der Waals surface area (Å²) in [5.74, 6) is -0.0645. The van der Waals surface area contributed by atoms with Crippen molar-refractivity contribution in [3.63, 3.8) is 0 Å². The molecule has 0 spiro atoms. The quantitative estimate of drug-likeness (QED) is 0.795. The van der Waals surface area contributed by atoms with E-state index in [9.17, 15) is 9.90 Å². The first-order chi connectivity index (χ1) is 8.89. The van der Waals surface area contributed by atoms with E-state index < -0.39 is 11.5 Å². The summed E-state index contributed by atoms with van der Waals surface area (Å²) in [5, 5.41) is 12.2. The molecular formula is C15H23NO3. The van der Waals surface area contributed by atoms with Gasteiger partial charge in [0.25, 0.3) is 0 Å². The maximum atomic E-state index is 11.2. The zero-order chi connectivity index (χ0) is 14.5. The van der Waals surface area contributed by atoms with Gasteiger partial charge in [0, 0.05) is 6.42 Å². The molecule has 0 saturated carbocycles. The highest BCUT2D eigenvalue weighted by atomic mass is 16.5. The molecule has 1 aromatic rings. The normalized spacial score (nSPS) is 13.9. The molecule has 0 aliphatic carbocycles. The Balaban J connectivity index is 2.57. The van der Waals surface area contributed by atoms with Crippen molar-refractivity contribution in [2.45, 2.75) is 39.7 Å². The highest BCUT2D eigenvalue weighted by molar-refractivity contribution is 5.78. The monoisotopic (exact) mass is 265 g/mol. The van der Waals surface area contributed by atoms with E-state index in [0.29, 0.717) is 19.6 Å². The van der Waals surface area contributed by atoms with Gasteiger partial charge in [-0.1, -0.05) is 13.0 Å².